The maximum Gasteiger partial charge on any atom is 0.0684 e. The SMILES string of the molecule is COCC(c1ccccc1)C(OC)C(C)C. The van der Waals surface area contributed by atoms with Gasteiger partial charge in [0.1, 0.15) is 0 Å². The highest BCUT2D eigenvalue weighted by Gasteiger charge is 2.25. The van der Waals surface area contributed by atoms with Crippen LogP contribution in [0.1, 0.15) is 25.3 Å². The average molecular weight is 222 g/mol. The van der Waals surface area contributed by atoms with Gasteiger partial charge in [0.05, 0.1) is 12.7 Å². The van der Waals surface area contributed by atoms with Crippen LogP contribution in [0.3, 0.4) is 0 Å². The molecular formula is C14H22O2. The number of benzene rings is 1. The third-order valence-corrected chi connectivity index (χ3v) is 2.90. The molecule has 2 atom stereocenters. The van der Waals surface area contributed by atoms with Crippen molar-refractivity contribution in [2.45, 2.75) is 25.9 Å². The van der Waals surface area contributed by atoms with E-state index in [4.69, 9.17) is 9.47 Å². The summed E-state index contributed by atoms with van der Waals surface area (Å²) in [5, 5.41) is 0. The van der Waals surface area contributed by atoms with Crippen molar-refractivity contribution in [3.8, 4) is 0 Å². The van der Waals surface area contributed by atoms with Crippen LogP contribution in [0.15, 0.2) is 30.3 Å². The van der Waals surface area contributed by atoms with Gasteiger partial charge in [0, 0.05) is 20.1 Å². The Kier molecular flexibility index (Phi) is 5.50. The molecule has 0 N–H and O–H groups in total. The first-order valence-electron chi connectivity index (χ1n) is 5.77. The Hall–Kier alpha value is -0.860. The summed E-state index contributed by atoms with van der Waals surface area (Å²) >= 11 is 0. The molecular weight excluding hydrogens is 200 g/mol. The number of ether oxygens (including phenoxy) is 2. The van der Waals surface area contributed by atoms with Gasteiger partial charge >= 0.3 is 0 Å². The van der Waals surface area contributed by atoms with Crippen LogP contribution in [-0.2, 0) is 9.47 Å². The van der Waals surface area contributed by atoms with E-state index in [0.717, 1.165) is 0 Å². The van der Waals surface area contributed by atoms with E-state index in [1.165, 1.54) is 5.56 Å². The Morgan fingerprint density at radius 1 is 1.06 bits per heavy atom. The molecule has 0 aliphatic carbocycles. The zero-order valence-electron chi connectivity index (χ0n) is 10.6. The van der Waals surface area contributed by atoms with Gasteiger partial charge in [-0.05, 0) is 11.5 Å². The highest BCUT2D eigenvalue weighted by atomic mass is 16.5. The Morgan fingerprint density at radius 3 is 2.12 bits per heavy atom. The van der Waals surface area contributed by atoms with Crippen molar-refractivity contribution in [2.75, 3.05) is 20.8 Å². The van der Waals surface area contributed by atoms with Crippen LogP contribution >= 0.6 is 0 Å². The summed E-state index contributed by atoms with van der Waals surface area (Å²) in [5.74, 6) is 0.779. The molecule has 0 fully saturated rings. The second kappa shape index (κ2) is 6.66. The molecule has 0 aliphatic rings. The minimum Gasteiger partial charge on any atom is -0.384 e. The molecule has 90 valence electrons. The monoisotopic (exact) mass is 222 g/mol. The van der Waals surface area contributed by atoms with Crippen LogP contribution in [0.5, 0.6) is 0 Å². The minimum atomic E-state index is 0.197. The van der Waals surface area contributed by atoms with Crippen molar-refractivity contribution in [1.29, 1.82) is 0 Å². The van der Waals surface area contributed by atoms with E-state index in [9.17, 15) is 0 Å². The van der Waals surface area contributed by atoms with E-state index in [-0.39, 0.29) is 6.10 Å². The van der Waals surface area contributed by atoms with Gasteiger partial charge in [-0.15, -0.1) is 0 Å². The fourth-order valence-electron chi connectivity index (χ4n) is 2.16. The third-order valence-electron chi connectivity index (χ3n) is 2.90. The second-order valence-electron chi connectivity index (χ2n) is 4.42. The smallest absolute Gasteiger partial charge is 0.0684 e. The number of hydrogen-bond donors (Lipinski definition) is 0. The normalized spacial score (nSPS) is 15.1. The Morgan fingerprint density at radius 2 is 1.69 bits per heavy atom. The van der Waals surface area contributed by atoms with E-state index >= 15 is 0 Å². The van der Waals surface area contributed by atoms with Crippen LogP contribution in [0.2, 0.25) is 0 Å². The lowest BCUT2D eigenvalue weighted by Gasteiger charge is -2.28. The summed E-state index contributed by atoms with van der Waals surface area (Å²) in [4.78, 5) is 0. The average Bonchev–Trinajstić information content (AvgIpc) is 2.29. The van der Waals surface area contributed by atoms with Gasteiger partial charge in [-0.1, -0.05) is 44.2 Å². The predicted octanol–water partition coefficient (Wildman–Crippen LogP) is 3.09. The Labute approximate surface area is 98.6 Å². The zero-order valence-corrected chi connectivity index (χ0v) is 10.6. The summed E-state index contributed by atoms with van der Waals surface area (Å²) in [6.07, 6.45) is 0.197. The minimum absolute atomic E-state index is 0.197. The molecule has 16 heavy (non-hydrogen) atoms. The van der Waals surface area contributed by atoms with Crippen molar-refractivity contribution < 1.29 is 9.47 Å². The predicted molar refractivity (Wildman–Crippen MR) is 66.7 cm³/mol. The lowest BCUT2D eigenvalue weighted by atomic mass is 9.88. The standard InChI is InChI=1S/C14H22O2/c1-11(2)14(16-4)13(10-15-3)12-8-6-5-7-9-12/h5-9,11,13-14H,10H2,1-4H3. The van der Waals surface area contributed by atoms with Crippen LogP contribution in [0.4, 0.5) is 0 Å². The molecule has 0 aromatic heterocycles. The summed E-state index contributed by atoms with van der Waals surface area (Å²) < 4.78 is 10.9. The first kappa shape index (κ1) is 13.2. The number of methoxy groups -OCH3 is 2. The summed E-state index contributed by atoms with van der Waals surface area (Å²) in [5.41, 5.74) is 1.28. The summed E-state index contributed by atoms with van der Waals surface area (Å²) in [6.45, 7) is 5.06. The van der Waals surface area contributed by atoms with Crippen molar-refractivity contribution in [1.82, 2.24) is 0 Å². The molecule has 1 aromatic rings. The van der Waals surface area contributed by atoms with Crippen molar-refractivity contribution in [3.05, 3.63) is 35.9 Å². The lowest BCUT2D eigenvalue weighted by molar-refractivity contribution is 0.0165. The highest BCUT2D eigenvalue weighted by molar-refractivity contribution is 5.21. The van der Waals surface area contributed by atoms with E-state index in [1.807, 2.05) is 6.07 Å². The molecule has 0 saturated carbocycles. The Balaban J connectivity index is 2.89. The maximum absolute atomic E-state index is 5.60. The van der Waals surface area contributed by atoms with Crippen LogP contribution in [0.25, 0.3) is 0 Å². The van der Waals surface area contributed by atoms with Gasteiger partial charge in [0.15, 0.2) is 0 Å². The molecule has 0 radical (unpaired) electrons. The lowest BCUT2D eigenvalue weighted by Crippen LogP contribution is -2.29. The van der Waals surface area contributed by atoms with Crippen LogP contribution in [0, 0.1) is 5.92 Å². The van der Waals surface area contributed by atoms with Crippen LogP contribution < -0.4 is 0 Å². The quantitative estimate of drug-likeness (QED) is 0.736. The molecule has 0 spiro atoms. The number of rotatable bonds is 6. The summed E-state index contributed by atoms with van der Waals surface area (Å²) in [7, 11) is 3.51. The molecule has 2 heteroatoms. The van der Waals surface area contributed by atoms with E-state index in [0.29, 0.717) is 18.4 Å². The molecule has 1 aromatic carbocycles. The first-order valence-corrected chi connectivity index (χ1v) is 5.77. The van der Waals surface area contributed by atoms with Gasteiger partial charge in [0.25, 0.3) is 0 Å². The van der Waals surface area contributed by atoms with Gasteiger partial charge in [-0.3, -0.25) is 0 Å². The molecule has 0 saturated heterocycles. The molecule has 2 nitrogen and oxygen atoms in total. The molecule has 0 amide bonds. The van der Waals surface area contributed by atoms with Crippen molar-refractivity contribution in [3.63, 3.8) is 0 Å². The van der Waals surface area contributed by atoms with Gasteiger partial charge in [-0.2, -0.15) is 0 Å². The van der Waals surface area contributed by atoms with E-state index < -0.39 is 0 Å². The first-order chi connectivity index (χ1) is 7.70. The molecule has 2 unspecified atom stereocenters. The molecule has 0 bridgehead atoms. The van der Waals surface area contributed by atoms with Gasteiger partial charge in [-0.25, -0.2) is 0 Å². The Bertz CT molecular complexity index is 282. The second-order valence-corrected chi connectivity index (χ2v) is 4.42. The van der Waals surface area contributed by atoms with Gasteiger partial charge in [0.2, 0.25) is 0 Å². The fourth-order valence-corrected chi connectivity index (χ4v) is 2.16. The maximum atomic E-state index is 5.60. The van der Waals surface area contributed by atoms with Crippen molar-refractivity contribution >= 4 is 0 Å². The third kappa shape index (κ3) is 3.32. The van der Waals surface area contributed by atoms with E-state index in [1.54, 1.807) is 14.2 Å². The van der Waals surface area contributed by atoms with Crippen LogP contribution in [-0.4, -0.2) is 26.9 Å². The molecule has 1 rings (SSSR count). The zero-order chi connectivity index (χ0) is 12.0. The molecule has 0 heterocycles. The topological polar surface area (TPSA) is 18.5 Å². The molecule has 0 aliphatic heterocycles. The fraction of sp³-hybridized carbons (Fsp3) is 0.571. The highest BCUT2D eigenvalue weighted by Crippen LogP contribution is 2.26. The summed E-state index contributed by atoms with van der Waals surface area (Å²) in [6, 6.07) is 10.4. The number of hydrogen-bond acceptors (Lipinski definition) is 2. The van der Waals surface area contributed by atoms with Crippen molar-refractivity contribution in [2.24, 2.45) is 5.92 Å². The largest absolute Gasteiger partial charge is 0.384 e. The van der Waals surface area contributed by atoms with Gasteiger partial charge < -0.3 is 9.47 Å². The van der Waals surface area contributed by atoms with E-state index in [2.05, 4.69) is 38.1 Å².